The van der Waals surface area contributed by atoms with Gasteiger partial charge in [-0.25, -0.2) is 18.7 Å². The molecule has 0 amide bonds. The van der Waals surface area contributed by atoms with Crippen LogP contribution >= 0.6 is 0 Å². The van der Waals surface area contributed by atoms with Gasteiger partial charge in [-0.05, 0) is 48.7 Å². The molecular weight excluding hydrogens is 423 g/mol. The molecule has 0 saturated heterocycles. The largest absolute Gasteiger partial charge is 0.495 e. The molecule has 1 atom stereocenters. The fourth-order valence-corrected chi connectivity index (χ4v) is 4.48. The second kappa shape index (κ2) is 8.20. The first kappa shape index (κ1) is 20.9. The summed E-state index contributed by atoms with van der Waals surface area (Å²) in [7, 11) is 1.59. The van der Waals surface area contributed by atoms with Crippen LogP contribution in [0.15, 0.2) is 70.6 Å². The lowest BCUT2D eigenvalue weighted by Gasteiger charge is -2.16. The molecular formula is C25H23FN4O3. The first-order valence-corrected chi connectivity index (χ1v) is 10.7. The van der Waals surface area contributed by atoms with Gasteiger partial charge in [0.1, 0.15) is 11.6 Å². The van der Waals surface area contributed by atoms with Gasteiger partial charge < -0.3 is 9.30 Å². The van der Waals surface area contributed by atoms with Gasteiger partial charge in [-0.2, -0.15) is 0 Å². The molecule has 8 heteroatoms. The summed E-state index contributed by atoms with van der Waals surface area (Å²) < 4.78 is 23.8. The Kier molecular flexibility index (Phi) is 5.20. The Balaban J connectivity index is 1.52. The van der Waals surface area contributed by atoms with Gasteiger partial charge in [0, 0.05) is 30.8 Å². The number of fused-ring (bicyclic) bond motifs is 1. The number of ether oxygens (including phenoxy) is 1. The van der Waals surface area contributed by atoms with Crippen molar-refractivity contribution in [2.75, 3.05) is 7.11 Å². The van der Waals surface area contributed by atoms with Crippen LogP contribution < -0.4 is 15.9 Å². The molecule has 3 heterocycles. The van der Waals surface area contributed by atoms with Crippen LogP contribution in [0.25, 0.3) is 5.69 Å². The molecule has 0 N–H and O–H groups in total. The normalized spacial score (nSPS) is 14.9. The highest BCUT2D eigenvalue weighted by Gasteiger charge is 2.27. The zero-order chi connectivity index (χ0) is 23.1. The molecule has 1 aliphatic heterocycles. The SMILES string of the molecule is COc1cc(Cc2cc(=O)n3n(c2=O)C(c2ccc(F)cc2)CC3)ccc1-n1cnc(C)c1. The Bertz CT molecular complexity index is 1450. The van der Waals surface area contributed by atoms with Crippen LogP contribution in [0.3, 0.4) is 0 Å². The number of rotatable bonds is 5. The number of aromatic nitrogens is 4. The quantitative estimate of drug-likeness (QED) is 0.472. The summed E-state index contributed by atoms with van der Waals surface area (Å²) in [5, 5.41) is 0. The van der Waals surface area contributed by atoms with Gasteiger partial charge in [0.2, 0.25) is 0 Å². The van der Waals surface area contributed by atoms with Gasteiger partial charge in [-0.15, -0.1) is 0 Å². The minimum atomic E-state index is -0.335. The Morgan fingerprint density at radius 3 is 2.61 bits per heavy atom. The van der Waals surface area contributed by atoms with Crippen molar-refractivity contribution < 1.29 is 9.13 Å². The van der Waals surface area contributed by atoms with E-state index in [1.807, 2.05) is 35.9 Å². The molecule has 33 heavy (non-hydrogen) atoms. The maximum absolute atomic E-state index is 13.4. The van der Waals surface area contributed by atoms with E-state index < -0.39 is 0 Å². The van der Waals surface area contributed by atoms with E-state index >= 15 is 0 Å². The number of nitrogens with zero attached hydrogens (tertiary/aromatic N) is 4. The Morgan fingerprint density at radius 2 is 1.91 bits per heavy atom. The van der Waals surface area contributed by atoms with Gasteiger partial charge in [0.15, 0.2) is 0 Å². The van der Waals surface area contributed by atoms with Gasteiger partial charge in [-0.3, -0.25) is 9.59 Å². The monoisotopic (exact) mass is 446 g/mol. The number of halogens is 1. The molecule has 168 valence electrons. The topological polar surface area (TPSA) is 71.0 Å². The average molecular weight is 446 g/mol. The highest BCUT2D eigenvalue weighted by molar-refractivity contribution is 5.50. The van der Waals surface area contributed by atoms with E-state index in [1.165, 1.54) is 27.6 Å². The Morgan fingerprint density at radius 1 is 1.12 bits per heavy atom. The van der Waals surface area contributed by atoms with Gasteiger partial charge in [0.25, 0.3) is 11.1 Å². The van der Waals surface area contributed by atoms with Crippen molar-refractivity contribution in [3.63, 3.8) is 0 Å². The number of aryl methyl sites for hydroxylation is 1. The van der Waals surface area contributed by atoms with E-state index in [9.17, 15) is 14.0 Å². The first-order valence-electron chi connectivity index (χ1n) is 10.7. The molecule has 2 aromatic carbocycles. The second-order valence-electron chi connectivity index (χ2n) is 8.24. The summed E-state index contributed by atoms with van der Waals surface area (Å²) in [5.41, 5.74) is 3.38. The van der Waals surface area contributed by atoms with Crippen molar-refractivity contribution in [1.29, 1.82) is 0 Å². The molecule has 0 aliphatic carbocycles. The summed E-state index contributed by atoms with van der Waals surface area (Å²) in [4.78, 5) is 30.4. The lowest BCUT2D eigenvalue weighted by atomic mass is 10.0. The van der Waals surface area contributed by atoms with Crippen molar-refractivity contribution in [3.8, 4) is 11.4 Å². The van der Waals surface area contributed by atoms with E-state index in [4.69, 9.17) is 4.74 Å². The van der Waals surface area contributed by atoms with Crippen LogP contribution in [0.1, 0.15) is 34.8 Å². The van der Waals surface area contributed by atoms with Crippen molar-refractivity contribution >= 4 is 0 Å². The molecule has 1 aliphatic rings. The average Bonchev–Trinajstić information content (AvgIpc) is 3.45. The molecule has 2 aromatic heterocycles. The van der Waals surface area contributed by atoms with E-state index in [0.29, 0.717) is 30.7 Å². The predicted molar refractivity (Wildman–Crippen MR) is 122 cm³/mol. The fraction of sp³-hybridized carbons (Fsp3) is 0.240. The van der Waals surface area contributed by atoms with Crippen LogP contribution in [0.4, 0.5) is 4.39 Å². The molecule has 7 nitrogen and oxygen atoms in total. The van der Waals surface area contributed by atoms with Crippen LogP contribution in [0, 0.1) is 12.7 Å². The molecule has 0 saturated carbocycles. The minimum Gasteiger partial charge on any atom is -0.495 e. The smallest absolute Gasteiger partial charge is 0.269 e. The highest BCUT2D eigenvalue weighted by Crippen LogP contribution is 2.27. The minimum absolute atomic E-state index is 0.213. The summed E-state index contributed by atoms with van der Waals surface area (Å²) in [6, 6.07) is 12.9. The van der Waals surface area contributed by atoms with Crippen molar-refractivity contribution in [1.82, 2.24) is 18.9 Å². The lowest BCUT2D eigenvalue weighted by molar-refractivity contribution is 0.412. The number of hydrogen-bond donors (Lipinski definition) is 0. The van der Waals surface area contributed by atoms with Crippen LogP contribution in [-0.4, -0.2) is 26.0 Å². The molecule has 0 radical (unpaired) electrons. The highest BCUT2D eigenvalue weighted by atomic mass is 19.1. The summed E-state index contributed by atoms with van der Waals surface area (Å²) >= 11 is 0. The summed E-state index contributed by atoms with van der Waals surface area (Å²) in [6.07, 6.45) is 4.53. The number of methoxy groups -OCH3 is 1. The molecule has 0 spiro atoms. The maximum atomic E-state index is 13.4. The molecule has 5 rings (SSSR count). The third kappa shape index (κ3) is 3.77. The predicted octanol–water partition coefficient (Wildman–Crippen LogP) is 3.24. The summed E-state index contributed by atoms with van der Waals surface area (Å²) in [5.74, 6) is 0.311. The zero-order valence-electron chi connectivity index (χ0n) is 18.4. The standard InChI is InChI=1S/C25H23FN4O3/c1-16-14-28(15-27-16)22-8-3-17(12-23(22)33-2)11-19-13-24(31)29-10-9-21(30(29)25(19)32)18-4-6-20(26)7-5-18/h3-8,12-15,21H,9-11H2,1-2H3. The number of imidazole rings is 1. The van der Waals surface area contributed by atoms with Gasteiger partial charge in [-0.1, -0.05) is 18.2 Å². The fourth-order valence-electron chi connectivity index (χ4n) is 4.48. The zero-order valence-corrected chi connectivity index (χ0v) is 18.4. The third-order valence-corrected chi connectivity index (χ3v) is 6.09. The van der Waals surface area contributed by atoms with Crippen LogP contribution in [0.5, 0.6) is 5.75 Å². The van der Waals surface area contributed by atoms with Gasteiger partial charge in [0.05, 0.1) is 30.9 Å². The van der Waals surface area contributed by atoms with E-state index in [-0.39, 0.29) is 23.0 Å². The molecule has 1 unspecified atom stereocenters. The van der Waals surface area contributed by atoms with Crippen LogP contribution in [-0.2, 0) is 13.0 Å². The lowest BCUT2D eigenvalue weighted by Crippen LogP contribution is -2.37. The number of hydrogen-bond acceptors (Lipinski definition) is 4. The van der Waals surface area contributed by atoms with E-state index in [0.717, 1.165) is 22.5 Å². The molecule has 0 bridgehead atoms. The maximum Gasteiger partial charge on any atom is 0.269 e. The van der Waals surface area contributed by atoms with E-state index in [2.05, 4.69) is 4.98 Å². The van der Waals surface area contributed by atoms with E-state index in [1.54, 1.807) is 25.6 Å². The van der Waals surface area contributed by atoms with Gasteiger partial charge >= 0.3 is 0 Å². The second-order valence-corrected chi connectivity index (χ2v) is 8.24. The first-order chi connectivity index (χ1) is 15.9. The summed E-state index contributed by atoms with van der Waals surface area (Å²) in [6.45, 7) is 2.36. The Labute approximate surface area is 189 Å². The molecule has 0 fully saturated rings. The van der Waals surface area contributed by atoms with Crippen molar-refractivity contribution in [3.05, 3.63) is 110 Å². The third-order valence-electron chi connectivity index (χ3n) is 6.09. The van der Waals surface area contributed by atoms with Crippen molar-refractivity contribution in [2.24, 2.45) is 0 Å². The van der Waals surface area contributed by atoms with Crippen molar-refractivity contribution in [2.45, 2.75) is 32.4 Å². The van der Waals surface area contributed by atoms with Crippen LogP contribution in [0.2, 0.25) is 0 Å². The molecule has 4 aromatic rings. The Hall–Kier alpha value is -3.94. The number of benzene rings is 2.